The Morgan fingerprint density at radius 1 is 1.00 bits per heavy atom. The summed E-state index contributed by atoms with van der Waals surface area (Å²) in [5.74, 6) is 1.76. The highest BCUT2D eigenvalue weighted by Crippen LogP contribution is 2.55. The maximum Gasteiger partial charge on any atom is 0.173 e. The van der Waals surface area contributed by atoms with E-state index >= 15 is 0 Å². The van der Waals surface area contributed by atoms with Crippen LogP contribution in [0.15, 0.2) is 42.5 Å². The van der Waals surface area contributed by atoms with Crippen molar-refractivity contribution < 1.29 is 9.84 Å². The molecule has 0 atom stereocenters. The highest BCUT2D eigenvalue weighted by Gasteiger charge is 2.44. The Labute approximate surface area is 124 Å². The number of hydrogen-bond donors (Lipinski definition) is 1. The van der Waals surface area contributed by atoms with E-state index in [0.717, 1.165) is 37.2 Å². The molecule has 1 fully saturated rings. The van der Waals surface area contributed by atoms with Gasteiger partial charge in [0.25, 0.3) is 0 Å². The first-order chi connectivity index (χ1) is 10.2. The molecule has 21 heavy (non-hydrogen) atoms. The van der Waals surface area contributed by atoms with Crippen molar-refractivity contribution in [3.8, 4) is 17.2 Å². The van der Waals surface area contributed by atoms with E-state index in [4.69, 9.17) is 4.74 Å². The maximum atomic E-state index is 10.2. The molecule has 2 aromatic carbocycles. The standard InChI is InChI=1S/C18H19NO2/c1-19-11-9-18(10-12-19)13-5-2-3-8-16(13)21-17-14(18)6-4-7-15(17)20/h2-8,20H,9-12H2,1H3. The first-order valence-electron chi connectivity index (χ1n) is 7.49. The highest BCUT2D eigenvalue weighted by molar-refractivity contribution is 5.61. The Balaban J connectivity index is 1.95. The van der Waals surface area contributed by atoms with E-state index in [1.54, 1.807) is 6.07 Å². The van der Waals surface area contributed by atoms with Crippen LogP contribution in [0, 0.1) is 0 Å². The number of piperidine rings is 1. The summed E-state index contributed by atoms with van der Waals surface area (Å²) < 4.78 is 6.00. The lowest BCUT2D eigenvalue weighted by Crippen LogP contribution is -2.43. The van der Waals surface area contributed by atoms with Gasteiger partial charge in [0.1, 0.15) is 5.75 Å². The molecule has 2 aliphatic heterocycles. The zero-order chi connectivity index (χ0) is 14.4. The monoisotopic (exact) mass is 281 g/mol. The number of benzene rings is 2. The Hall–Kier alpha value is -2.00. The van der Waals surface area contributed by atoms with Crippen LogP contribution >= 0.6 is 0 Å². The third kappa shape index (κ3) is 1.77. The molecule has 0 aliphatic carbocycles. The molecule has 4 rings (SSSR count). The smallest absolute Gasteiger partial charge is 0.173 e. The van der Waals surface area contributed by atoms with E-state index in [1.165, 1.54) is 5.56 Å². The van der Waals surface area contributed by atoms with Gasteiger partial charge >= 0.3 is 0 Å². The molecule has 3 heteroatoms. The number of phenolic OH excluding ortho intramolecular Hbond substituents is 1. The second-order valence-electron chi connectivity index (χ2n) is 6.14. The quantitative estimate of drug-likeness (QED) is 0.802. The first-order valence-corrected chi connectivity index (χ1v) is 7.49. The molecule has 2 heterocycles. The van der Waals surface area contributed by atoms with E-state index in [-0.39, 0.29) is 11.2 Å². The van der Waals surface area contributed by atoms with Gasteiger partial charge in [0.15, 0.2) is 11.5 Å². The minimum atomic E-state index is -0.0323. The molecule has 2 aliphatic rings. The fourth-order valence-electron chi connectivity index (χ4n) is 3.75. The highest BCUT2D eigenvalue weighted by atomic mass is 16.5. The number of likely N-dealkylation sites (tertiary alicyclic amines) is 1. The molecule has 1 N–H and O–H groups in total. The van der Waals surface area contributed by atoms with E-state index < -0.39 is 0 Å². The zero-order valence-electron chi connectivity index (χ0n) is 12.2. The first kappa shape index (κ1) is 12.7. The molecule has 0 aromatic heterocycles. The van der Waals surface area contributed by atoms with Gasteiger partial charge in [-0.1, -0.05) is 30.3 Å². The topological polar surface area (TPSA) is 32.7 Å². The summed E-state index contributed by atoms with van der Waals surface area (Å²) in [4.78, 5) is 2.37. The van der Waals surface area contributed by atoms with Crippen molar-refractivity contribution in [3.05, 3.63) is 53.6 Å². The van der Waals surface area contributed by atoms with Crippen LogP contribution in [-0.4, -0.2) is 30.1 Å². The Bertz CT molecular complexity index is 687. The second kappa shape index (κ2) is 4.50. The van der Waals surface area contributed by atoms with Crippen molar-refractivity contribution in [3.63, 3.8) is 0 Å². The average molecular weight is 281 g/mol. The minimum absolute atomic E-state index is 0.0323. The molecule has 1 saturated heterocycles. The number of para-hydroxylation sites is 2. The normalized spacial score (nSPS) is 19.7. The van der Waals surface area contributed by atoms with Crippen LogP contribution in [0.25, 0.3) is 0 Å². The van der Waals surface area contributed by atoms with E-state index in [1.807, 2.05) is 18.2 Å². The third-order valence-electron chi connectivity index (χ3n) is 4.97. The number of nitrogens with zero attached hydrogens (tertiary/aromatic N) is 1. The summed E-state index contributed by atoms with van der Waals surface area (Å²) in [5.41, 5.74) is 2.36. The van der Waals surface area contributed by atoms with Crippen LogP contribution in [0.4, 0.5) is 0 Å². The molecule has 3 nitrogen and oxygen atoms in total. The van der Waals surface area contributed by atoms with E-state index in [9.17, 15) is 5.11 Å². The van der Waals surface area contributed by atoms with Gasteiger partial charge in [0.05, 0.1) is 0 Å². The average Bonchev–Trinajstić information content (AvgIpc) is 2.51. The van der Waals surface area contributed by atoms with Crippen molar-refractivity contribution in [1.82, 2.24) is 4.90 Å². The number of aromatic hydroxyl groups is 1. The SMILES string of the molecule is CN1CCC2(CC1)c1ccccc1Oc1c(O)cccc12. The summed E-state index contributed by atoms with van der Waals surface area (Å²) in [5, 5.41) is 10.2. The third-order valence-corrected chi connectivity index (χ3v) is 4.97. The Morgan fingerprint density at radius 3 is 2.52 bits per heavy atom. The van der Waals surface area contributed by atoms with Crippen LogP contribution < -0.4 is 4.74 Å². The predicted octanol–water partition coefficient (Wildman–Crippen LogP) is 3.51. The molecular weight excluding hydrogens is 262 g/mol. The molecule has 0 amide bonds. The lowest BCUT2D eigenvalue weighted by atomic mass is 9.66. The molecule has 0 unspecified atom stereocenters. The van der Waals surface area contributed by atoms with Gasteiger partial charge in [-0.05, 0) is 45.1 Å². The summed E-state index contributed by atoms with van der Waals surface area (Å²) in [7, 11) is 2.17. The van der Waals surface area contributed by atoms with Crippen LogP contribution in [0.2, 0.25) is 0 Å². The van der Waals surface area contributed by atoms with Gasteiger partial charge < -0.3 is 14.7 Å². The molecule has 0 bridgehead atoms. The van der Waals surface area contributed by atoms with Gasteiger partial charge in [-0.3, -0.25) is 0 Å². The lowest BCUT2D eigenvalue weighted by Gasteiger charge is -2.45. The van der Waals surface area contributed by atoms with Crippen molar-refractivity contribution in [1.29, 1.82) is 0 Å². The fourth-order valence-corrected chi connectivity index (χ4v) is 3.75. The number of phenols is 1. The zero-order valence-corrected chi connectivity index (χ0v) is 12.2. The van der Waals surface area contributed by atoms with Crippen molar-refractivity contribution in [2.24, 2.45) is 0 Å². The van der Waals surface area contributed by atoms with Crippen LogP contribution in [0.3, 0.4) is 0 Å². The largest absolute Gasteiger partial charge is 0.504 e. The van der Waals surface area contributed by atoms with E-state index in [2.05, 4.69) is 30.1 Å². The Morgan fingerprint density at radius 2 is 1.71 bits per heavy atom. The van der Waals surface area contributed by atoms with Gasteiger partial charge in [-0.25, -0.2) is 0 Å². The molecule has 2 aromatic rings. The molecule has 0 saturated carbocycles. The summed E-state index contributed by atoms with van der Waals surface area (Å²) in [6, 6.07) is 14.0. The molecule has 0 radical (unpaired) electrons. The van der Waals surface area contributed by atoms with Crippen LogP contribution in [0.1, 0.15) is 24.0 Å². The second-order valence-corrected chi connectivity index (χ2v) is 6.14. The number of ether oxygens (including phenoxy) is 1. The lowest BCUT2D eigenvalue weighted by molar-refractivity contribution is 0.201. The fraction of sp³-hybridized carbons (Fsp3) is 0.333. The number of rotatable bonds is 0. The van der Waals surface area contributed by atoms with Crippen molar-refractivity contribution >= 4 is 0 Å². The van der Waals surface area contributed by atoms with Crippen molar-refractivity contribution in [2.45, 2.75) is 18.3 Å². The molecular formula is C18H19NO2. The Kier molecular flexibility index (Phi) is 2.73. The maximum absolute atomic E-state index is 10.2. The van der Waals surface area contributed by atoms with Gasteiger partial charge in [-0.2, -0.15) is 0 Å². The number of fused-ring (bicyclic) bond motifs is 4. The van der Waals surface area contributed by atoms with Crippen LogP contribution in [0.5, 0.6) is 17.2 Å². The summed E-state index contributed by atoms with van der Waals surface area (Å²) in [6.07, 6.45) is 2.11. The van der Waals surface area contributed by atoms with Gasteiger partial charge in [-0.15, -0.1) is 0 Å². The van der Waals surface area contributed by atoms with Gasteiger partial charge in [0, 0.05) is 16.5 Å². The van der Waals surface area contributed by atoms with Crippen LogP contribution in [-0.2, 0) is 5.41 Å². The molecule has 108 valence electrons. The van der Waals surface area contributed by atoms with Gasteiger partial charge in [0.2, 0.25) is 0 Å². The minimum Gasteiger partial charge on any atom is -0.504 e. The van der Waals surface area contributed by atoms with Crippen molar-refractivity contribution in [2.75, 3.05) is 20.1 Å². The summed E-state index contributed by atoms with van der Waals surface area (Å²) >= 11 is 0. The summed E-state index contributed by atoms with van der Waals surface area (Å²) in [6.45, 7) is 2.12. The number of hydrogen-bond acceptors (Lipinski definition) is 3. The molecule has 1 spiro atoms. The predicted molar refractivity (Wildman–Crippen MR) is 82.1 cm³/mol. The van der Waals surface area contributed by atoms with E-state index in [0.29, 0.717) is 5.75 Å².